The SMILES string of the molecule is Cc1ccc(OCCN(C)C(=O)c2nnn(-c3cccc(F)c3)c2C(F)(F)F)cc1. The number of hydrogen-bond donors (Lipinski definition) is 0. The minimum absolute atomic E-state index is 0.0246. The number of halogens is 4. The number of rotatable bonds is 6. The molecule has 0 aliphatic heterocycles. The van der Waals surface area contributed by atoms with Gasteiger partial charge in [0, 0.05) is 7.05 Å². The molecule has 0 aliphatic carbocycles. The van der Waals surface area contributed by atoms with Crippen LogP contribution in [-0.4, -0.2) is 46.0 Å². The maximum absolute atomic E-state index is 13.7. The van der Waals surface area contributed by atoms with Gasteiger partial charge in [-0.15, -0.1) is 5.10 Å². The molecule has 2 aromatic carbocycles. The summed E-state index contributed by atoms with van der Waals surface area (Å²) in [4.78, 5) is 13.7. The summed E-state index contributed by atoms with van der Waals surface area (Å²) in [6, 6.07) is 11.6. The molecule has 0 bridgehead atoms. The fourth-order valence-electron chi connectivity index (χ4n) is 2.69. The first kappa shape index (κ1) is 21.3. The van der Waals surface area contributed by atoms with Gasteiger partial charge >= 0.3 is 6.18 Å². The van der Waals surface area contributed by atoms with Crippen LogP contribution >= 0.6 is 0 Å². The molecule has 30 heavy (non-hydrogen) atoms. The van der Waals surface area contributed by atoms with Crippen molar-refractivity contribution in [3.05, 3.63) is 71.3 Å². The average molecular weight is 422 g/mol. The summed E-state index contributed by atoms with van der Waals surface area (Å²) in [6.07, 6.45) is -4.93. The minimum Gasteiger partial charge on any atom is -0.492 e. The lowest BCUT2D eigenvalue weighted by Crippen LogP contribution is -2.33. The number of benzene rings is 2. The number of carbonyl (C=O) groups is 1. The van der Waals surface area contributed by atoms with Crippen LogP contribution in [0, 0.1) is 12.7 Å². The monoisotopic (exact) mass is 422 g/mol. The van der Waals surface area contributed by atoms with Crippen molar-refractivity contribution in [1.82, 2.24) is 19.9 Å². The Balaban J connectivity index is 1.78. The van der Waals surface area contributed by atoms with Crippen molar-refractivity contribution in [2.45, 2.75) is 13.1 Å². The number of alkyl halides is 3. The van der Waals surface area contributed by atoms with Crippen LogP contribution in [0.15, 0.2) is 48.5 Å². The van der Waals surface area contributed by atoms with Crippen molar-refractivity contribution >= 4 is 5.91 Å². The molecule has 6 nitrogen and oxygen atoms in total. The standard InChI is InChI=1S/C20H18F4N4O2/c1-13-6-8-16(9-7-13)30-11-10-27(2)19(29)17-18(20(22,23)24)28(26-25-17)15-5-3-4-14(21)12-15/h3-9,12H,10-11H2,1-2H3. The first-order valence-electron chi connectivity index (χ1n) is 8.90. The number of hydrogen-bond acceptors (Lipinski definition) is 4. The molecule has 1 aromatic heterocycles. The predicted molar refractivity (Wildman–Crippen MR) is 100.0 cm³/mol. The van der Waals surface area contributed by atoms with Crippen molar-refractivity contribution in [1.29, 1.82) is 0 Å². The van der Waals surface area contributed by atoms with E-state index in [-0.39, 0.29) is 18.8 Å². The van der Waals surface area contributed by atoms with Crippen LogP contribution in [0.25, 0.3) is 5.69 Å². The largest absolute Gasteiger partial charge is 0.492 e. The van der Waals surface area contributed by atoms with Crippen molar-refractivity contribution in [2.24, 2.45) is 0 Å². The molecular formula is C20H18F4N4O2. The van der Waals surface area contributed by atoms with Crippen LogP contribution in [0.1, 0.15) is 21.7 Å². The van der Waals surface area contributed by atoms with Gasteiger partial charge in [0.25, 0.3) is 5.91 Å². The fourth-order valence-corrected chi connectivity index (χ4v) is 2.69. The molecule has 3 aromatic rings. The zero-order chi connectivity index (χ0) is 21.9. The second-order valence-corrected chi connectivity index (χ2v) is 6.56. The molecule has 0 unspecified atom stereocenters. The van der Waals surface area contributed by atoms with Crippen LogP contribution in [0.3, 0.4) is 0 Å². The Morgan fingerprint density at radius 2 is 1.87 bits per heavy atom. The van der Waals surface area contributed by atoms with E-state index in [1.54, 1.807) is 12.1 Å². The molecule has 0 aliphatic rings. The van der Waals surface area contributed by atoms with Gasteiger partial charge in [0.05, 0.1) is 12.2 Å². The van der Waals surface area contributed by atoms with E-state index in [1.165, 1.54) is 19.2 Å². The lowest BCUT2D eigenvalue weighted by atomic mass is 10.2. The van der Waals surface area contributed by atoms with Crippen LogP contribution in [0.2, 0.25) is 0 Å². The number of carbonyl (C=O) groups excluding carboxylic acids is 1. The summed E-state index contributed by atoms with van der Waals surface area (Å²) in [6.45, 7) is 2.02. The van der Waals surface area contributed by atoms with Gasteiger partial charge < -0.3 is 9.64 Å². The summed E-state index contributed by atoms with van der Waals surface area (Å²) >= 11 is 0. The topological polar surface area (TPSA) is 60.2 Å². The zero-order valence-electron chi connectivity index (χ0n) is 16.2. The summed E-state index contributed by atoms with van der Waals surface area (Å²) in [5.74, 6) is -1.14. The van der Waals surface area contributed by atoms with E-state index in [4.69, 9.17) is 4.74 Å². The molecule has 0 N–H and O–H groups in total. The molecule has 1 heterocycles. The highest BCUT2D eigenvalue weighted by Crippen LogP contribution is 2.33. The molecule has 0 saturated carbocycles. The van der Waals surface area contributed by atoms with Gasteiger partial charge in [-0.25, -0.2) is 9.07 Å². The van der Waals surface area contributed by atoms with Crippen LogP contribution in [0.4, 0.5) is 17.6 Å². The Morgan fingerprint density at radius 3 is 2.50 bits per heavy atom. The average Bonchev–Trinajstić information content (AvgIpc) is 3.14. The molecule has 0 spiro atoms. The smallest absolute Gasteiger partial charge is 0.435 e. The second kappa shape index (κ2) is 8.52. The van der Waals surface area contributed by atoms with Gasteiger partial charge in [0.2, 0.25) is 0 Å². The van der Waals surface area contributed by atoms with E-state index < -0.39 is 29.3 Å². The molecule has 0 fully saturated rings. The van der Waals surface area contributed by atoms with Gasteiger partial charge in [-0.3, -0.25) is 4.79 Å². The van der Waals surface area contributed by atoms with Crippen molar-refractivity contribution in [3.63, 3.8) is 0 Å². The lowest BCUT2D eigenvalue weighted by molar-refractivity contribution is -0.143. The van der Waals surface area contributed by atoms with E-state index in [2.05, 4.69) is 10.3 Å². The van der Waals surface area contributed by atoms with Gasteiger partial charge in [-0.05, 0) is 37.3 Å². The number of ether oxygens (including phenoxy) is 1. The third-order valence-electron chi connectivity index (χ3n) is 4.26. The highest BCUT2D eigenvalue weighted by molar-refractivity contribution is 5.93. The van der Waals surface area contributed by atoms with Crippen molar-refractivity contribution in [2.75, 3.05) is 20.2 Å². The highest BCUT2D eigenvalue weighted by Gasteiger charge is 2.42. The molecule has 0 saturated heterocycles. The summed E-state index contributed by atoms with van der Waals surface area (Å²) in [5, 5.41) is 6.86. The maximum Gasteiger partial charge on any atom is 0.435 e. The van der Waals surface area contributed by atoms with Crippen molar-refractivity contribution in [3.8, 4) is 11.4 Å². The Kier molecular flexibility index (Phi) is 6.04. The first-order valence-corrected chi connectivity index (χ1v) is 8.90. The molecule has 0 radical (unpaired) electrons. The molecule has 1 amide bonds. The Morgan fingerprint density at radius 1 is 1.17 bits per heavy atom. The predicted octanol–water partition coefficient (Wildman–Crippen LogP) is 3.88. The first-order chi connectivity index (χ1) is 14.2. The van der Waals surface area contributed by atoms with Crippen molar-refractivity contribution < 1.29 is 27.1 Å². The molecule has 158 valence electrons. The van der Waals surface area contributed by atoms with Crippen LogP contribution in [-0.2, 0) is 6.18 Å². The molecular weight excluding hydrogens is 404 g/mol. The van der Waals surface area contributed by atoms with E-state index in [9.17, 15) is 22.4 Å². The number of aromatic nitrogens is 3. The van der Waals surface area contributed by atoms with Gasteiger partial charge in [0.1, 0.15) is 18.2 Å². The Hall–Kier alpha value is -3.43. The number of nitrogens with zero attached hydrogens (tertiary/aromatic N) is 4. The van der Waals surface area contributed by atoms with Gasteiger partial charge in [0.15, 0.2) is 11.4 Å². The van der Waals surface area contributed by atoms with Gasteiger partial charge in [-0.2, -0.15) is 13.2 Å². The van der Waals surface area contributed by atoms with Crippen LogP contribution in [0.5, 0.6) is 5.75 Å². The quantitative estimate of drug-likeness (QED) is 0.566. The minimum atomic E-state index is -4.93. The van der Waals surface area contributed by atoms with E-state index in [0.29, 0.717) is 10.4 Å². The second-order valence-electron chi connectivity index (χ2n) is 6.56. The van der Waals surface area contributed by atoms with Gasteiger partial charge in [-0.1, -0.05) is 29.0 Å². The number of aryl methyl sites for hydroxylation is 1. The third-order valence-corrected chi connectivity index (χ3v) is 4.26. The number of amides is 1. The molecule has 10 heteroatoms. The molecule has 3 rings (SSSR count). The highest BCUT2D eigenvalue weighted by atomic mass is 19.4. The van der Waals surface area contributed by atoms with E-state index >= 15 is 0 Å². The normalized spacial score (nSPS) is 11.4. The summed E-state index contributed by atoms with van der Waals surface area (Å²) in [7, 11) is 1.34. The third kappa shape index (κ3) is 4.76. The maximum atomic E-state index is 13.7. The number of likely N-dealkylation sites (N-methyl/N-ethyl adjacent to an activating group) is 1. The van der Waals surface area contributed by atoms with E-state index in [0.717, 1.165) is 22.6 Å². The summed E-state index contributed by atoms with van der Waals surface area (Å²) < 4.78 is 60.4. The van der Waals surface area contributed by atoms with Crippen LogP contribution < -0.4 is 4.74 Å². The molecule has 0 atom stereocenters. The Bertz CT molecular complexity index is 1030. The summed E-state index contributed by atoms with van der Waals surface area (Å²) in [5.41, 5.74) is -1.39. The van der Waals surface area contributed by atoms with E-state index in [1.807, 2.05) is 19.1 Å². The Labute approximate surface area is 169 Å². The lowest BCUT2D eigenvalue weighted by Gasteiger charge is -2.18. The zero-order valence-corrected chi connectivity index (χ0v) is 16.2. The fraction of sp³-hybridized carbons (Fsp3) is 0.250.